The minimum Gasteiger partial charge on any atom is -0.475 e. The molecule has 13 nitrogen and oxygen atoms in total. The smallest absolute Gasteiger partial charge is 0.475 e. The van der Waals surface area contributed by atoms with Gasteiger partial charge < -0.3 is 27.1 Å². The number of nitrogens with two attached hydrogens (primary N) is 3. The Balaban J connectivity index is 0.000000905. The number of aliphatic carboxylic acids is 1. The highest BCUT2D eigenvalue weighted by Crippen LogP contribution is 2.19. The normalized spacial score (nSPS) is 12.8. The summed E-state index contributed by atoms with van der Waals surface area (Å²) in [5, 5.41) is 10.5. The maximum Gasteiger partial charge on any atom is 0.490 e. The number of halogens is 3. The first-order valence-electron chi connectivity index (χ1n) is 10.5. The van der Waals surface area contributed by atoms with Crippen LogP contribution in [0.4, 0.5) is 18.9 Å². The SMILES string of the molecule is Cc1ccccc1CS(=O)(=O)Nc1ccc(C)n(C(C(N)=O)C(C)ON=C(N)N)c1=O.O=C(O)C(F)(F)F. The van der Waals surface area contributed by atoms with E-state index in [1.54, 1.807) is 38.1 Å². The molecule has 17 heteroatoms. The molecule has 0 saturated carbocycles. The van der Waals surface area contributed by atoms with Crippen molar-refractivity contribution in [3.8, 4) is 0 Å². The minimum absolute atomic E-state index is 0.237. The molecule has 8 N–H and O–H groups in total. The molecule has 0 aliphatic rings. The molecule has 38 heavy (non-hydrogen) atoms. The monoisotopic (exact) mass is 564 g/mol. The molecule has 2 unspecified atom stereocenters. The molecule has 0 bridgehead atoms. The predicted octanol–water partition coefficient (Wildman–Crippen LogP) is 0.660. The van der Waals surface area contributed by atoms with E-state index in [1.807, 2.05) is 0 Å². The molecule has 0 aliphatic carbocycles. The molecule has 0 aliphatic heterocycles. The number of aromatic nitrogens is 1. The zero-order valence-electron chi connectivity index (χ0n) is 20.4. The van der Waals surface area contributed by atoms with E-state index >= 15 is 0 Å². The first kappa shape index (κ1) is 31.7. The van der Waals surface area contributed by atoms with E-state index in [4.69, 9.17) is 31.9 Å². The number of nitrogens with zero attached hydrogens (tertiary/aromatic N) is 2. The number of carbonyl (C=O) groups excluding carboxylic acids is 1. The van der Waals surface area contributed by atoms with Crippen LogP contribution in [0.1, 0.15) is 29.8 Å². The van der Waals surface area contributed by atoms with Gasteiger partial charge in [0.25, 0.3) is 5.56 Å². The second-order valence-corrected chi connectivity index (χ2v) is 9.55. The number of pyridine rings is 1. The topological polar surface area (TPSA) is 222 Å². The van der Waals surface area contributed by atoms with Crippen LogP contribution in [0.3, 0.4) is 0 Å². The van der Waals surface area contributed by atoms with Crippen molar-refractivity contribution in [2.45, 2.75) is 44.8 Å². The zero-order chi connectivity index (χ0) is 29.4. The Bertz CT molecular complexity index is 1360. The van der Waals surface area contributed by atoms with Crippen molar-refractivity contribution in [3.05, 3.63) is 63.6 Å². The molecule has 0 fully saturated rings. The first-order valence-corrected chi connectivity index (χ1v) is 12.1. The number of aryl methyl sites for hydroxylation is 2. The fraction of sp³-hybridized carbons (Fsp3) is 0.333. The van der Waals surface area contributed by atoms with E-state index in [2.05, 4.69) is 9.88 Å². The summed E-state index contributed by atoms with van der Waals surface area (Å²) in [5.41, 5.74) is 16.7. The van der Waals surface area contributed by atoms with Crippen molar-refractivity contribution in [2.75, 3.05) is 4.72 Å². The van der Waals surface area contributed by atoms with Gasteiger partial charge in [-0.25, -0.2) is 13.2 Å². The zero-order valence-corrected chi connectivity index (χ0v) is 21.2. The maximum absolute atomic E-state index is 13.1. The van der Waals surface area contributed by atoms with E-state index in [1.165, 1.54) is 19.1 Å². The average molecular weight is 565 g/mol. The number of sulfonamides is 1. The van der Waals surface area contributed by atoms with Crippen LogP contribution < -0.4 is 27.5 Å². The molecule has 0 radical (unpaired) electrons. The Kier molecular flexibility index (Phi) is 10.7. The van der Waals surface area contributed by atoms with Gasteiger partial charge in [0, 0.05) is 5.69 Å². The van der Waals surface area contributed by atoms with Gasteiger partial charge in [0.1, 0.15) is 5.69 Å². The summed E-state index contributed by atoms with van der Waals surface area (Å²) < 4.78 is 60.4. The largest absolute Gasteiger partial charge is 0.490 e. The van der Waals surface area contributed by atoms with Gasteiger partial charge in [-0.2, -0.15) is 13.2 Å². The van der Waals surface area contributed by atoms with Crippen molar-refractivity contribution in [3.63, 3.8) is 0 Å². The number of carboxylic acid groups (broad SMARTS) is 1. The maximum atomic E-state index is 13.1. The summed E-state index contributed by atoms with van der Waals surface area (Å²) in [6.07, 6.45) is -6.10. The highest BCUT2D eigenvalue weighted by Gasteiger charge is 2.38. The van der Waals surface area contributed by atoms with Crippen molar-refractivity contribution in [1.29, 1.82) is 0 Å². The molecule has 1 aromatic carbocycles. The number of carboxylic acids is 1. The molecule has 0 saturated heterocycles. The molecular formula is C21H27F3N6O7S. The number of benzene rings is 1. The van der Waals surface area contributed by atoms with Gasteiger partial charge in [0.2, 0.25) is 21.9 Å². The van der Waals surface area contributed by atoms with Crippen LogP contribution in [-0.4, -0.2) is 48.2 Å². The quantitative estimate of drug-likeness (QED) is 0.164. The van der Waals surface area contributed by atoms with Gasteiger partial charge in [0.15, 0.2) is 12.1 Å². The lowest BCUT2D eigenvalue weighted by molar-refractivity contribution is -0.192. The highest BCUT2D eigenvalue weighted by molar-refractivity contribution is 7.91. The van der Waals surface area contributed by atoms with E-state index in [0.29, 0.717) is 11.3 Å². The Labute approximate surface area is 215 Å². The van der Waals surface area contributed by atoms with E-state index < -0.39 is 45.8 Å². The Hall–Kier alpha value is -4.28. The van der Waals surface area contributed by atoms with Gasteiger partial charge in [-0.15, -0.1) is 0 Å². The summed E-state index contributed by atoms with van der Waals surface area (Å²) >= 11 is 0. The number of guanidine groups is 1. The fourth-order valence-electron chi connectivity index (χ4n) is 3.02. The molecule has 1 heterocycles. The van der Waals surface area contributed by atoms with Crippen molar-refractivity contribution >= 4 is 33.5 Å². The Morgan fingerprint density at radius 1 is 1.13 bits per heavy atom. The molecule has 2 aromatic rings. The third kappa shape index (κ3) is 9.30. The van der Waals surface area contributed by atoms with Gasteiger partial charge in [-0.05, 0) is 49.2 Å². The second kappa shape index (κ2) is 12.8. The number of carbonyl (C=O) groups is 2. The van der Waals surface area contributed by atoms with E-state index in [0.717, 1.165) is 10.1 Å². The Morgan fingerprint density at radius 2 is 1.68 bits per heavy atom. The number of rotatable bonds is 9. The molecule has 2 atom stereocenters. The number of amides is 1. The predicted molar refractivity (Wildman–Crippen MR) is 131 cm³/mol. The Morgan fingerprint density at radius 3 is 2.16 bits per heavy atom. The van der Waals surface area contributed by atoms with Crippen LogP contribution in [0.15, 0.2) is 46.3 Å². The van der Waals surface area contributed by atoms with Crippen molar-refractivity contribution < 1.29 is 41.1 Å². The van der Waals surface area contributed by atoms with E-state index in [-0.39, 0.29) is 17.4 Å². The highest BCUT2D eigenvalue weighted by atomic mass is 32.2. The van der Waals surface area contributed by atoms with Crippen LogP contribution in [-0.2, 0) is 30.2 Å². The lowest BCUT2D eigenvalue weighted by Gasteiger charge is -2.24. The number of oxime groups is 1. The van der Waals surface area contributed by atoms with Gasteiger partial charge in [0.05, 0.1) is 5.75 Å². The number of hydrogen-bond donors (Lipinski definition) is 5. The number of hydrogen-bond acceptors (Lipinski definition) is 7. The average Bonchev–Trinajstić information content (AvgIpc) is 2.77. The number of primary amides is 1. The molecular weight excluding hydrogens is 537 g/mol. The molecule has 0 spiro atoms. The summed E-state index contributed by atoms with van der Waals surface area (Å²) in [4.78, 5) is 39.1. The number of nitrogens with one attached hydrogen (secondary N) is 1. The van der Waals surface area contributed by atoms with Crippen LogP contribution in [0.25, 0.3) is 0 Å². The van der Waals surface area contributed by atoms with E-state index in [9.17, 15) is 31.2 Å². The van der Waals surface area contributed by atoms with Gasteiger partial charge in [-0.1, -0.05) is 24.3 Å². The lowest BCUT2D eigenvalue weighted by Crippen LogP contribution is -2.42. The summed E-state index contributed by atoms with van der Waals surface area (Å²) in [7, 11) is -3.92. The van der Waals surface area contributed by atoms with Crippen LogP contribution in [0.2, 0.25) is 0 Å². The lowest BCUT2D eigenvalue weighted by atomic mass is 10.1. The van der Waals surface area contributed by atoms with Crippen LogP contribution >= 0.6 is 0 Å². The number of anilines is 1. The van der Waals surface area contributed by atoms with Gasteiger partial charge >= 0.3 is 12.1 Å². The molecule has 1 aromatic heterocycles. The van der Waals surface area contributed by atoms with Crippen LogP contribution in [0, 0.1) is 13.8 Å². The third-order valence-electron chi connectivity index (χ3n) is 4.77. The van der Waals surface area contributed by atoms with Crippen molar-refractivity contribution in [1.82, 2.24) is 4.57 Å². The molecule has 210 valence electrons. The molecule has 1 amide bonds. The second-order valence-electron chi connectivity index (χ2n) is 7.83. The summed E-state index contributed by atoms with van der Waals surface area (Å²) in [6.45, 7) is 4.80. The minimum atomic E-state index is -5.08. The third-order valence-corrected chi connectivity index (χ3v) is 6.00. The number of alkyl halides is 3. The van der Waals surface area contributed by atoms with Gasteiger partial charge in [-0.3, -0.25) is 18.9 Å². The first-order chi connectivity index (χ1) is 17.4. The molecule has 2 rings (SSSR count). The van der Waals surface area contributed by atoms with Crippen LogP contribution in [0.5, 0.6) is 0 Å². The summed E-state index contributed by atoms with van der Waals surface area (Å²) in [6, 6.07) is 8.52. The fourth-order valence-corrected chi connectivity index (χ4v) is 4.32. The summed E-state index contributed by atoms with van der Waals surface area (Å²) in [5.74, 6) is -4.34. The standard InChI is InChI=1S/C19H26N6O5S.C2HF3O2/c1-11-6-4-5-7-14(11)10-31(28,29)24-15-9-8-12(2)25(18(15)27)16(17(20)26)13(3)30-23-19(21)22;3-2(4,5)1(6)7/h4-9,13,16,24H,10H2,1-3H3,(H2,20,26)(H4,21,22,23);(H,6,7). The van der Waals surface area contributed by atoms with Crippen molar-refractivity contribution in [2.24, 2.45) is 22.4 Å².